The van der Waals surface area contributed by atoms with Crippen molar-refractivity contribution in [3.63, 3.8) is 0 Å². The summed E-state index contributed by atoms with van der Waals surface area (Å²) in [5.41, 5.74) is 2.02. The molecule has 6 atom stereocenters. The molecule has 8 nitrogen and oxygen atoms in total. The van der Waals surface area contributed by atoms with Crippen LogP contribution in [0.15, 0.2) is 90.5 Å². The molecule has 1 saturated carbocycles. The van der Waals surface area contributed by atoms with Crippen LogP contribution >= 0.6 is 0 Å². The van der Waals surface area contributed by atoms with E-state index in [1.807, 2.05) is 19.1 Å². The predicted octanol–water partition coefficient (Wildman–Crippen LogP) is 4.57. The number of fused-ring (bicyclic) bond motifs is 4. The number of benzene rings is 3. The monoisotopic (exact) mass is 576 g/mol. The number of para-hydroxylation sites is 1. The van der Waals surface area contributed by atoms with Crippen molar-refractivity contribution in [3.05, 3.63) is 102 Å². The van der Waals surface area contributed by atoms with Crippen LogP contribution in [0.1, 0.15) is 36.8 Å². The minimum absolute atomic E-state index is 0.0936. The van der Waals surface area contributed by atoms with Gasteiger partial charge in [-0.1, -0.05) is 54.1 Å². The van der Waals surface area contributed by atoms with E-state index in [2.05, 4.69) is 0 Å². The average molecular weight is 577 g/mol. The zero-order chi connectivity index (χ0) is 30.0. The molecule has 7 rings (SSSR count). The smallest absolute Gasteiger partial charge is 0.241 e. The van der Waals surface area contributed by atoms with Gasteiger partial charge in [-0.15, -0.1) is 0 Å². The van der Waals surface area contributed by atoms with E-state index in [4.69, 9.17) is 0 Å². The molecular formula is C35H32N2O6. The van der Waals surface area contributed by atoms with E-state index in [0.717, 1.165) is 16.7 Å². The summed E-state index contributed by atoms with van der Waals surface area (Å²) in [4.78, 5) is 58.7. The Morgan fingerprint density at radius 3 is 2.12 bits per heavy atom. The summed E-state index contributed by atoms with van der Waals surface area (Å²) in [5, 5.41) is 19.6. The number of allylic oxidation sites excluding steroid dienone is 2. The Balaban J connectivity index is 1.27. The number of rotatable bonds is 5. The number of hydrogen-bond acceptors (Lipinski definition) is 6. The van der Waals surface area contributed by atoms with E-state index in [1.54, 1.807) is 72.8 Å². The van der Waals surface area contributed by atoms with Crippen LogP contribution < -0.4 is 4.90 Å². The summed E-state index contributed by atoms with van der Waals surface area (Å²) in [6, 6.07) is 22.4. The Bertz CT molecular complexity index is 1660. The number of amides is 4. The van der Waals surface area contributed by atoms with Gasteiger partial charge < -0.3 is 10.2 Å². The number of nitrogens with zero attached hydrogens (tertiary/aromatic N) is 2. The zero-order valence-electron chi connectivity index (χ0n) is 23.7. The van der Waals surface area contributed by atoms with Gasteiger partial charge in [-0.25, -0.2) is 4.90 Å². The average Bonchev–Trinajstić information content (AvgIpc) is 3.37. The third-order valence-electron chi connectivity index (χ3n) is 10.2. The van der Waals surface area contributed by atoms with Gasteiger partial charge in [0, 0.05) is 12.5 Å². The second-order valence-corrected chi connectivity index (χ2v) is 12.3. The molecule has 2 aliphatic heterocycles. The second kappa shape index (κ2) is 9.93. The maximum Gasteiger partial charge on any atom is 0.241 e. The summed E-state index contributed by atoms with van der Waals surface area (Å²) >= 11 is 0. The summed E-state index contributed by atoms with van der Waals surface area (Å²) in [5.74, 6) is -3.43. The van der Waals surface area contributed by atoms with Gasteiger partial charge in [0.05, 0.1) is 28.9 Å². The molecule has 3 fully saturated rings. The highest BCUT2D eigenvalue weighted by Crippen LogP contribution is 2.63. The highest BCUT2D eigenvalue weighted by Gasteiger charge is 2.67. The topological polar surface area (TPSA) is 115 Å². The fourth-order valence-electron chi connectivity index (χ4n) is 8.07. The van der Waals surface area contributed by atoms with Crippen molar-refractivity contribution in [2.24, 2.45) is 29.1 Å². The van der Waals surface area contributed by atoms with Crippen LogP contribution in [-0.4, -0.2) is 45.3 Å². The van der Waals surface area contributed by atoms with Gasteiger partial charge in [0.2, 0.25) is 23.6 Å². The van der Waals surface area contributed by atoms with Crippen molar-refractivity contribution in [2.75, 3.05) is 11.4 Å². The molecule has 3 aromatic rings. The molecule has 2 heterocycles. The molecule has 6 unspecified atom stereocenters. The van der Waals surface area contributed by atoms with E-state index in [9.17, 15) is 29.4 Å². The lowest BCUT2D eigenvalue weighted by atomic mass is 9.51. The van der Waals surface area contributed by atoms with Crippen LogP contribution in [0.25, 0.3) is 0 Å². The molecule has 8 heteroatoms. The predicted molar refractivity (Wildman–Crippen MR) is 158 cm³/mol. The molecule has 2 N–H and O–H groups in total. The molecule has 0 radical (unpaired) electrons. The molecule has 0 bridgehead atoms. The van der Waals surface area contributed by atoms with Crippen LogP contribution in [0.4, 0.5) is 5.69 Å². The number of imide groups is 2. The van der Waals surface area contributed by atoms with Crippen molar-refractivity contribution < 1.29 is 29.4 Å². The fourth-order valence-corrected chi connectivity index (χ4v) is 8.07. The van der Waals surface area contributed by atoms with Crippen molar-refractivity contribution in [2.45, 2.75) is 32.1 Å². The van der Waals surface area contributed by atoms with Gasteiger partial charge in [0.15, 0.2) is 0 Å². The SMILES string of the molecule is CC12C(=O)N(c3ccccc3)C(=O)C1CC1C(=CCC3C(=O)N(CCc4ccc(O)cc4)C(=O)C31)C2c1ccc(O)cc1. The molecule has 0 spiro atoms. The van der Waals surface area contributed by atoms with Gasteiger partial charge in [-0.3, -0.25) is 24.1 Å². The van der Waals surface area contributed by atoms with Crippen molar-refractivity contribution in [1.82, 2.24) is 4.90 Å². The fraction of sp³-hybridized carbons (Fsp3) is 0.314. The molecular weight excluding hydrogens is 544 g/mol. The number of carbonyl (C=O) groups excluding carboxylic acids is 4. The van der Waals surface area contributed by atoms with Crippen LogP contribution in [0.2, 0.25) is 0 Å². The Hall–Kier alpha value is -4.72. The lowest BCUT2D eigenvalue weighted by molar-refractivity contribution is -0.140. The third kappa shape index (κ3) is 4.03. The molecule has 2 aliphatic carbocycles. The lowest BCUT2D eigenvalue weighted by Crippen LogP contribution is -2.48. The first-order chi connectivity index (χ1) is 20.7. The second-order valence-electron chi connectivity index (χ2n) is 12.3. The van der Waals surface area contributed by atoms with Gasteiger partial charge in [0.25, 0.3) is 0 Å². The number of phenolic OH excluding ortho intramolecular Hbond substituents is 2. The quantitative estimate of drug-likeness (QED) is 0.340. The highest BCUT2D eigenvalue weighted by molar-refractivity contribution is 6.24. The van der Waals surface area contributed by atoms with E-state index < -0.39 is 29.1 Å². The van der Waals surface area contributed by atoms with Gasteiger partial charge in [-0.2, -0.15) is 0 Å². The highest BCUT2D eigenvalue weighted by atomic mass is 16.3. The summed E-state index contributed by atoms with van der Waals surface area (Å²) < 4.78 is 0. The van der Waals surface area contributed by atoms with Crippen molar-refractivity contribution in [1.29, 1.82) is 0 Å². The van der Waals surface area contributed by atoms with Gasteiger partial charge >= 0.3 is 0 Å². The van der Waals surface area contributed by atoms with Crippen molar-refractivity contribution in [3.8, 4) is 11.5 Å². The van der Waals surface area contributed by atoms with Gasteiger partial charge in [-0.05, 0) is 79.6 Å². The largest absolute Gasteiger partial charge is 0.508 e. The van der Waals surface area contributed by atoms with Crippen LogP contribution in [0, 0.1) is 29.1 Å². The standard InChI is InChI=1S/C35H32N2O6/c1-35-28(32(41)37(34(35)43)22-5-3-2-4-6-22)19-27-25(30(35)21-9-13-24(39)14-10-21)15-16-26-29(27)33(42)36(31(26)40)18-17-20-7-11-23(38)12-8-20/h2-15,26-30,38-39H,16-19H2,1H3. The molecule has 218 valence electrons. The number of likely N-dealkylation sites (tertiary alicyclic amines) is 1. The number of aromatic hydroxyl groups is 2. The zero-order valence-corrected chi connectivity index (χ0v) is 23.7. The number of carbonyl (C=O) groups is 4. The number of anilines is 1. The molecule has 4 aliphatic rings. The summed E-state index contributed by atoms with van der Waals surface area (Å²) in [7, 11) is 0. The lowest BCUT2D eigenvalue weighted by Gasteiger charge is -2.49. The maximum atomic E-state index is 14.3. The minimum Gasteiger partial charge on any atom is -0.508 e. The van der Waals surface area contributed by atoms with Crippen molar-refractivity contribution >= 4 is 29.3 Å². The minimum atomic E-state index is -1.11. The molecule has 43 heavy (non-hydrogen) atoms. The number of hydrogen-bond donors (Lipinski definition) is 2. The Kier molecular flexibility index (Phi) is 6.27. The summed E-state index contributed by atoms with van der Waals surface area (Å²) in [6.45, 7) is 2.09. The summed E-state index contributed by atoms with van der Waals surface area (Å²) in [6.07, 6.45) is 3.19. The van der Waals surface area contributed by atoms with E-state index in [-0.39, 0.29) is 47.6 Å². The molecule has 4 amide bonds. The van der Waals surface area contributed by atoms with E-state index in [0.29, 0.717) is 24.9 Å². The van der Waals surface area contributed by atoms with E-state index in [1.165, 1.54) is 9.80 Å². The van der Waals surface area contributed by atoms with Crippen LogP contribution in [0.5, 0.6) is 11.5 Å². The number of phenols is 2. The van der Waals surface area contributed by atoms with Crippen LogP contribution in [-0.2, 0) is 25.6 Å². The molecule has 0 aromatic heterocycles. The Morgan fingerprint density at radius 1 is 0.791 bits per heavy atom. The first-order valence-electron chi connectivity index (χ1n) is 14.8. The van der Waals surface area contributed by atoms with Crippen LogP contribution in [0.3, 0.4) is 0 Å². The van der Waals surface area contributed by atoms with Gasteiger partial charge in [0.1, 0.15) is 11.5 Å². The molecule has 2 saturated heterocycles. The first-order valence-corrected chi connectivity index (χ1v) is 14.8. The first kappa shape index (κ1) is 27.1. The Labute approximate surface area is 249 Å². The Morgan fingerprint density at radius 2 is 1.44 bits per heavy atom. The molecule has 3 aromatic carbocycles. The maximum absolute atomic E-state index is 14.3. The van der Waals surface area contributed by atoms with E-state index >= 15 is 0 Å². The normalized spacial score (nSPS) is 29.8. The third-order valence-corrected chi connectivity index (χ3v) is 10.2.